The lowest BCUT2D eigenvalue weighted by Crippen LogP contribution is -2.01. The van der Waals surface area contributed by atoms with E-state index >= 15 is 0 Å². The number of anilines is 3. The van der Waals surface area contributed by atoms with Gasteiger partial charge in [-0.1, -0.05) is 0 Å². The molecule has 0 saturated heterocycles. The summed E-state index contributed by atoms with van der Waals surface area (Å²) in [6, 6.07) is 5.74. The molecule has 0 aliphatic rings. The van der Waals surface area contributed by atoms with E-state index in [1.54, 1.807) is 0 Å². The zero-order valence-electron chi connectivity index (χ0n) is 10.0. The average Bonchev–Trinajstić information content (AvgIpc) is 2.35. The highest BCUT2D eigenvalue weighted by atomic mass is 19.1. The highest BCUT2D eigenvalue weighted by Crippen LogP contribution is 2.28. The lowest BCUT2D eigenvalue weighted by atomic mass is 10.2. The molecule has 0 saturated carbocycles. The lowest BCUT2D eigenvalue weighted by molar-refractivity contribution is 0.386. The minimum Gasteiger partial charge on any atom is -0.494 e. The molecule has 0 unspecified atom stereocenters. The van der Waals surface area contributed by atoms with Gasteiger partial charge in [-0.25, -0.2) is 13.2 Å². The van der Waals surface area contributed by atoms with Crippen molar-refractivity contribution < 1.29 is 17.9 Å². The largest absolute Gasteiger partial charge is 0.494 e. The van der Waals surface area contributed by atoms with E-state index in [9.17, 15) is 13.2 Å². The van der Waals surface area contributed by atoms with E-state index in [1.165, 1.54) is 19.2 Å². The van der Waals surface area contributed by atoms with Crippen LogP contribution in [0.2, 0.25) is 0 Å². The van der Waals surface area contributed by atoms with Crippen LogP contribution in [0.25, 0.3) is 0 Å². The number of nitrogens with two attached hydrogens (primary N) is 1. The van der Waals surface area contributed by atoms with Gasteiger partial charge in [-0.05, 0) is 18.2 Å². The van der Waals surface area contributed by atoms with Gasteiger partial charge in [0.05, 0.1) is 18.5 Å². The van der Waals surface area contributed by atoms with Crippen molar-refractivity contribution in [2.45, 2.75) is 0 Å². The predicted molar refractivity (Wildman–Crippen MR) is 67.0 cm³/mol. The third kappa shape index (κ3) is 2.73. The summed E-state index contributed by atoms with van der Waals surface area (Å²) >= 11 is 0. The van der Waals surface area contributed by atoms with Crippen molar-refractivity contribution in [3.05, 3.63) is 47.8 Å². The molecule has 0 bridgehead atoms. The number of halogens is 3. The fourth-order valence-electron chi connectivity index (χ4n) is 1.59. The van der Waals surface area contributed by atoms with Gasteiger partial charge in [-0.15, -0.1) is 0 Å². The van der Waals surface area contributed by atoms with Crippen LogP contribution in [-0.4, -0.2) is 7.11 Å². The quantitative estimate of drug-likeness (QED) is 0.838. The Morgan fingerprint density at radius 3 is 2.42 bits per heavy atom. The number of hydrogen-bond acceptors (Lipinski definition) is 3. The molecular formula is C13H11F3N2O. The molecule has 0 aliphatic heterocycles. The number of rotatable bonds is 3. The van der Waals surface area contributed by atoms with E-state index in [0.717, 1.165) is 12.1 Å². The molecule has 0 radical (unpaired) electrons. The fraction of sp³-hybridized carbons (Fsp3) is 0.0769. The van der Waals surface area contributed by atoms with Gasteiger partial charge in [0, 0.05) is 17.8 Å². The van der Waals surface area contributed by atoms with Gasteiger partial charge in [-0.3, -0.25) is 0 Å². The van der Waals surface area contributed by atoms with Crippen molar-refractivity contribution in [1.82, 2.24) is 0 Å². The zero-order valence-corrected chi connectivity index (χ0v) is 10.0. The molecule has 2 aromatic rings. The number of methoxy groups -OCH3 is 1. The molecule has 0 fully saturated rings. The number of ether oxygens (including phenoxy) is 1. The SMILES string of the molecule is COc1ccc(Nc2cc(F)cc(F)c2N)cc1F. The first-order valence-electron chi connectivity index (χ1n) is 5.36. The summed E-state index contributed by atoms with van der Waals surface area (Å²) < 4.78 is 44.6. The van der Waals surface area contributed by atoms with Crippen LogP contribution in [0.1, 0.15) is 0 Å². The second-order valence-corrected chi connectivity index (χ2v) is 3.82. The van der Waals surface area contributed by atoms with Crippen molar-refractivity contribution >= 4 is 17.1 Å². The number of nitrogens with one attached hydrogen (secondary N) is 1. The Morgan fingerprint density at radius 1 is 1.05 bits per heavy atom. The first-order valence-corrected chi connectivity index (χ1v) is 5.36. The summed E-state index contributed by atoms with van der Waals surface area (Å²) in [5.41, 5.74) is 5.56. The average molecular weight is 268 g/mol. The maximum absolute atomic E-state index is 13.5. The molecule has 6 heteroatoms. The zero-order chi connectivity index (χ0) is 14.0. The number of benzene rings is 2. The highest BCUT2D eigenvalue weighted by Gasteiger charge is 2.10. The fourth-order valence-corrected chi connectivity index (χ4v) is 1.59. The molecule has 2 aromatic carbocycles. The summed E-state index contributed by atoms with van der Waals surface area (Å²) in [5, 5.41) is 2.65. The molecular weight excluding hydrogens is 257 g/mol. The minimum absolute atomic E-state index is 0.0297. The topological polar surface area (TPSA) is 47.3 Å². The molecule has 0 spiro atoms. The Bertz CT molecular complexity index is 617. The molecule has 0 aliphatic carbocycles. The summed E-state index contributed by atoms with van der Waals surface area (Å²) in [6.07, 6.45) is 0. The molecule has 0 amide bonds. The molecule has 0 atom stereocenters. The van der Waals surface area contributed by atoms with Gasteiger partial charge in [0.25, 0.3) is 0 Å². The Hall–Kier alpha value is -2.37. The Labute approximate surface area is 107 Å². The third-order valence-electron chi connectivity index (χ3n) is 2.53. The summed E-state index contributed by atoms with van der Waals surface area (Å²) in [5.74, 6) is -2.17. The lowest BCUT2D eigenvalue weighted by Gasteiger charge is -2.11. The maximum Gasteiger partial charge on any atom is 0.167 e. The van der Waals surface area contributed by atoms with Crippen LogP contribution in [-0.2, 0) is 0 Å². The predicted octanol–water partition coefficient (Wildman–Crippen LogP) is 3.44. The maximum atomic E-state index is 13.5. The second kappa shape index (κ2) is 5.09. The van der Waals surface area contributed by atoms with Crippen molar-refractivity contribution in [2.75, 3.05) is 18.2 Å². The van der Waals surface area contributed by atoms with Gasteiger partial charge in [0.2, 0.25) is 0 Å². The minimum atomic E-state index is -0.878. The van der Waals surface area contributed by atoms with Crippen LogP contribution >= 0.6 is 0 Å². The van der Waals surface area contributed by atoms with Crippen LogP contribution in [0.15, 0.2) is 30.3 Å². The highest BCUT2D eigenvalue weighted by molar-refractivity contribution is 5.73. The van der Waals surface area contributed by atoms with Crippen LogP contribution in [0, 0.1) is 17.5 Å². The van der Waals surface area contributed by atoms with E-state index in [4.69, 9.17) is 10.5 Å². The summed E-state index contributed by atoms with van der Waals surface area (Å²) in [4.78, 5) is 0. The van der Waals surface area contributed by atoms with Crippen LogP contribution in [0.5, 0.6) is 5.75 Å². The number of hydrogen-bond donors (Lipinski definition) is 2. The van der Waals surface area contributed by atoms with Crippen LogP contribution in [0.4, 0.5) is 30.2 Å². The normalized spacial score (nSPS) is 10.3. The first-order chi connectivity index (χ1) is 9.01. The monoisotopic (exact) mass is 268 g/mol. The van der Waals surface area contributed by atoms with E-state index < -0.39 is 17.5 Å². The van der Waals surface area contributed by atoms with Gasteiger partial charge in [0.15, 0.2) is 17.4 Å². The molecule has 19 heavy (non-hydrogen) atoms. The van der Waals surface area contributed by atoms with E-state index in [-0.39, 0.29) is 17.1 Å². The molecule has 3 N–H and O–H groups in total. The van der Waals surface area contributed by atoms with Crippen molar-refractivity contribution in [3.63, 3.8) is 0 Å². The van der Waals surface area contributed by atoms with Crippen LogP contribution in [0.3, 0.4) is 0 Å². The Morgan fingerprint density at radius 2 is 1.79 bits per heavy atom. The van der Waals surface area contributed by atoms with E-state index in [2.05, 4.69) is 5.32 Å². The molecule has 2 rings (SSSR count). The van der Waals surface area contributed by atoms with Gasteiger partial charge >= 0.3 is 0 Å². The second-order valence-electron chi connectivity index (χ2n) is 3.82. The molecule has 0 heterocycles. The van der Waals surface area contributed by atoms with Crippen LogP contribution < -0.4 is 15.8 Å². The summed E-state index contributed by atoms with van der Waals surface area (Å²) in [6.45, 7) is 0. The third-order valence-corrected chi connectivity index (χ3v) is 2.53. The molecule has 0 aromatic heterocycles. The van der Waals surface area contributed by atoms with E-state index in [1.807, 2.05) is 0 Å². The number of nitrogen functional groups attached to an aromatic ring is 1. The van der Waals surface area contributed by atoms with Crippen molar-refractivity contribution in [2.24, 2.45) is 0 Å². The van der Waals surface area contributed by atoms with E-state index in [0.29, 0.717) is 11.8 Å². The molecule has 100 valence electrons. The summed E-state index contributed by atoms with van der Waals surface area (Å²) in [7, 11) is 1.34. The van der Waals surface area contributed by atoms with Crippen molar-refractivity contribution in [3.8, 4) is 5.75 Å². The smallest absolute Gasteiger partial charge is 0.167 e. The van der Waals surface area contributed by atoms with Gasteiger partial charge < -0.3 is 15.8 Å². The Kier molecular flexibility index (Phi) is 3.50. The van der Waals surface area contributed by atoms with Gasteiger partial charge in [-0.2, -0.15) is 0 Å². The first kappa shape index (κ1) is 13.1. The Balaban J connectivity index is 2.33. The van der Waals surface area contributed by atoms with Crippen molar-refractivity contribution in [1.29, 1.82) is 0 Å². The standard InChI is InChI=1S/C13H11F3N2O/c1-19-12-3-2-8(6-9(12)15)18-11-5-7(14)4-10(16)13(11)17/h2-6,18H,17H2,1H3. The molecule has 3 nitrogen and oxygen atoms in total. The van der Waals surface area contributed by atoms with Gasteiger partial charge in [0.1, 0.15) is 5.82 Å².